The summed E-state index contributed by atoms with van der Waals surface area (Å²) in [6, 6.07) is 1.92. The predicted molar refractivity (Wildman–Crippen MR) is 60.2 cm³/mol. The Morgan fingerprint density at radius 2 is 2.36 bits per heavy atom. The van der Waals surface area contributed by atoms with Crippen molar-refractivity contribution in [3.63, 3.8) is 0 Å². The summed E-state index contributed by atoms with van der Waals surface area (Å²) in [6.45, 7) is 1.98. The highest BCUT2D eigenvalue weighted by atomic mass is 35.5. The van der Waals surface area contributed by atoms with Gasteiger partial charge < -0.3 is 5.11 Å². The SMILES string of the molecule is Cc1sccc1C(O)c1ncc(Cl)s1. The third-order valence-corrected chi connectivity index (χ3v) is 3.95. The van der Waals surface area contributed by atoms with Gasteiger partial charge in [0.25, 0.3) is 0 Å². The van der Waals surface area contributed by atoms with Gasteiger partial charge in [0.05, 0.1) is 6.20 Å². The van der Waals surface area contributed by atoms with E-state index in [2.05, 4.69) is 4.98 Å². The molecule has 74 valence electrons. The lowest BCUT2D eigenvalue weighted by molar-refractivity contribution is 0.219. The first kappa shape index (κ1) is 10.1. The molecule has 0 fully saturated rings. The summed E-state index contributed by atoms with van der Waals surface area (Å²) in [5.41, 5.74) is 0.918. The van der Waals surface area contributed by atoms with Crippen molar-refractivity contribution in [1.82, 2.24) is 4.98 Å². The second kappa shape index (κ2) is 3.98. The molecule has 0 radical (unpaired) electrons. The average Bonchev–Trinajstić information content (AvgIpc) is 2.73. The molecule has 0 aliphatic heterocycles. The van der Waals surface area contributed by atoms with Crippen molar-refractivity contribution in [3.8, 4) is 0 Å². The van der Waals surface area contributed by atoms with E-state index in [0.29, 0.717) is 9.34 Å². The quantitative estimate of drug-likeness (QED) is 0.881. The minimum Gasteiger partial charge on any atom is -0.381 e. The highest BCUT2D eigenvalue weighted by molar-refractivity contribution is 7.15. The second-order valence-corrected chi connectivity index (χ2v) is 5.65. The van der Waals surface area contributed by atoms with E-state index in [4.69, 9.17) is 11.6 Å². The molecular weight excluding hydrogens is 238 g/mol. The normalized spacial score (nSPS) is 13.1. The van der Waals surface area contributed by atoms with Crippen LogP contribution in [0.5, 0.6) is 0 Å². The second-order valence-electron chi connectivity index (χ2n) is 2.84. The summed E-state index contributed by atoms with van der Waals surface area (Å²) in [4.78, 5) is 5.17. The van der Waals surface area contributed by atoms with Crippen molar-refractivity contribution in [2.45, 2.75) is 13.0 Å². The topological polar surface area (TPSA) is 33.1 Å². The van der Waals surface area contributed by atoms with Crippen LogP contribution in [0.3, 0.4) is 0 Å². The number of nitrogens with zero attached hydrogens (tertiary/aromatic N) is 1. The van der Waals surface area contributed by atoms with Crippen molar-refractivity contribution < 1.29 is 5.11 Å². The first-order valence-corrected chi connectivity index (χ1v) is 6.09. The summed E-state index contributed by atoms with van der Waals surface area (Å²) >= 11 is 8.68. The Morgan fingerprint density at radius 1 is 1.57 bits per heavy atom. The van der Waals surface area contributed by atoms with Crippen LogP contribution in [0, 0.1) is 6.92 Å². The van der Waals surface area contributed by atoms with E-state index in [1.54, 1.807) is 17.5 Å². The van der Waals surface area contributed by atoms with Crippen LogP contribution in [0.25, 0.3) is 0 Å². The summed E-state index contributed by atoms with van der Waals surface area (Å²) in [5, 5.41) is 12.6. The number of hydrogen-bond acceptors (Lipinski definition) is 4. The molecule has 0 aliphatic rings. The van der Waals surface area contributed by atoms with Crippen LogP contribution in [-0.2, 0) is 0 Å². The molecule has 0 amide bonds. The Labute approximate surface area is 94.8 Å². The van der Waals surface area contributed by atoms with Gasteiger partial charge in [0, 0.05) is 10.4 Å². The van der Waals surface area contributed by atoms with Gasteiger partial charge in [-0.15, -0.1) is 22.7 Å². The molecule has 5 heteroatoms. The number of aliphatic hydroxyl groups is 1. The summed E-state index contributed by atoms with van der Waals surface area (Å²) in [7, 11) is 0. The van der Waals surface area contributed by atoms with Gasteiger partial charge in [-0.25, -0.2) is 4.98 Å². The lowest BCUT2D eigenvalue weighted by atomic mass is 10.1. The fourth-order valence-electron chi connectivity index (χ4n) is 1.20. The smallest absolute Gasteiger partial charge is 0.132 e. The zero-order valence-electron chi connectivity index (χ0n) is 7.40. The van der Waals surface area contributed by atoms with Crippen LogP contribution in [-0.4, -0.2) is 10.1 Å². The molecule has 1 atom stereocenters. The zero-order chi connectivity index (χ0) is 10.1. The summed E-state index contributed by atoms with van der Waals surface area (Å²) in [5.74, 6) is 0. The zero-order valence-corrected chi connectivity index (χ0v) is 9.79. The summed E-state index contributed by atoms with van der Waals surface area (Å²) in [6.07, 6.45) is 0.922. The van der Waals surface area contributed by atoms with Gasteiger partial charge in [0.15, 0.2) is 0 Å². The van der Waals surface area contributed by atoms with E-state index < -0.39 is 6.10 Å². The van der Waals surface area contributed by atoms with E-state index >= 15 is 0 Å². The molecule has 2 aromatic heterocycles. The number of thiophene rings is 1. The van der Waals surface area contributed by atoms with Crippen molar-refractivity contribution in [2.75, 3.05) is 0 Å². The van der Waals surface area contributed by atoms with Gasteiger partial charge in [-0.1, -0.05) is 11.6 Å². The fourth-order valence-corrected chi connectivity index (χ4v) is 2.87. The predicted octanol–water partition coefficient (Wildman–Crippen LogP) is 3.25. The molecule has 2 rings (SSSR count). The van der Waals surface area contributed by atoms with Gasteiger partial charge >= 0.3 is 0 Å². The Morgan fingerprint density at radius 3 is 2.86 bits per heavy atom. The van der Waals surface area contributed by atoms with Gasteiger partial charge in [0.2, 0.25) is 0 Å². The molecule has 0 saturated heterocycles. The first-order chi connectivity index (χ1) is 6.68. The van der Waals surface area contributed by atoms with E-state index in [1.807, 2.05) is 18.4 Å². The third-order valence-electron chi connectivity index (χ3n) is 1.92. The molecule has 0 saturated carbocycles. The Hall–Kier alpha value is -0.420. The van der Waals surface area contributed by atoms with Crippen molar-refractivity contribution in [1.29, 1.82) is 0 Å². The molecule has 2 nitrogen and oxygen atoms in total. The van der Waals surface area contributed by atoms with Crippen molar-refractivity contribution >= 4 is 34.3 Å². The van der Waals surface area contributed by atoms with E-state index in [1.165, 1.54) is 11.3 Å². The molecule has 2 aromatic rings. The standard InChI is InChI=1S/C9H8ClNOS2/c1-5-6(2-3-13-5)8(12)9-11-4-7(10)14-9/h2-4,8,12H,1H3. The number of hydrogen-bond donors (Lipinski definition) is 1. The molecule has 14 heavy (non-hydrogen) atoms. The minimum absolute atomic E-state index is 0.604. The number of aromatic nitrogens is 1. The van der Waals surface area contributed by atoms with Gasteiger partial charge in [-0.2, -0.15) is 0 Å². The fraction of sp³-hybridized carbons (Fsp3) is 0.222. The van der Waals surface area contributed by atoms with Crippen LogP contribution >= 0.6 is 34.3 Å². The van der Waals surface area contributed by atoms with Crippen molar-refractivity contribution in [2.24, 2.45) is 0 Å². The maximum Gasteiger partial charge on any atom is 0.132 e. The first-order valence-electron chi connectivity index (χ1n) is 4.02. The van der Waals surface area contributed by atoms with E-state index in [9.17, 15) is 5.11 Å². The lowest BCUT2D eigenvalue weighted by Crippen LogP contribution is -1.98. The molecule has 0 aliphatic carbocycles. The highest BCUT2D eigenvalue weighted by Crippen LogP contribution is 2.31. The van der Waals surface area contributed by atoms with Gasteiger partial charge in [-0.05, 0) is 18.4 Å². The molecule has 2 heterocycles. The van der Waals surface area contributed by atoms with Crippen LogP contribution in [0.1, 0.15) is 21.6 Å². The van der Waals surface area contributed by atoms with E-state index in [-0.39, 0.29) is 0 Å². The number of halogens is 1. The van der Waals surface area contributed by atoms with Crippen LogP contribution in [0.2, 0.25) is 4.34 Å². The molecule has 1 unspecified atom stereocenters. The van der Waals surface area contributed by atoms with Crippen LogP contribution in [0.15, 0.2) is 17.6 Å². The van der Waals surface area contributed by atoms with Crippen LogP contribution < -0.4 is 0 Å². The maximum atomic E-state index is 9.97. The monoisotopic (exact) mass is 245 g/mol. The molecular formula is C9H8ClNOS2. The number of thiazole rings is 1. The molecule has 1 N–H and O–H groups in total. The Bertz CT molecular complexity index is 437. The molecule has 0 aromatic carbocycles. The maximum absolute atomic E-state index is 9.97. The van der Waals surface area contributed by atoms with Gasteiger partial charge in [0.1, 0.15) is 15.4 Å². The molecule has 0 spiro atoms. The summed E-state index contributed by atoms with van der Waals surface area (Å²) < 4.78 is 0.604. The van der Waals surface area contributed by atoms with E-state index in [0.717, 1.165) is 10.4 Å². The highest BCUT2D eigenvalue weighted by Gasteiger charge is 2.16. The Kier molecular flexibility index (Phi) is 2.88. The minimum atomic E-state index is -0.640. The third kappa shape index (κ3) is 1.83. The number of aliphatic hydroxyl groups excluding tert-OH is 1. The number of aryl methyl sites for hydroxylation is 1. The lowest BCUT2D eigenvalue weighted by Gasteiger charge is -2.05. The average molecular weight is 246 g/mol. The largest absolute Gasteiger partial charge is 0.381 e. The van der Waals surface area contributed by atoms with Crippen molar-refractivity contribution in [3.05, 3.63) is 37.4 Å². The van der Waals surface area contributed by atoms with Gasteiger partial charge in [-0.3, -0.25) is 0 Å². The molecule has 0 bridgehead atoms. The van der Waals surface area contributed by atoms with Crippen LogP contribution in [0.4, 0.5) is 0 Å². The number of rotatable bonds is 2. The Balaban J connectivity index is 2.33.